The summed E-state index contributed by atoms with van der Waals surface area (Å²) >= 11 is 0. The molecule has 0 aromatic carbocycles. The lowest BCUT2D eigenvalue weighted by molar-refractivity contribution is -0.118. The van der Waals surface area contributed by atoms with Crippen LogP contribution in [0.2, 0.25) is 0 Å². The van der Waals surface area contributed by atoms with Crippen LogP contribution in [0.1, 0.15) is 11.4 Å². The Morgan fingerprint density at radius 3 is 2.73 bits per heavy atom. The standard InChI is InChI=1S/C9H10N4O2/c1-6-2-11-7(3-10-6)4-13-5-8(14)12-9(13)15/h2-3H,4-5H2,1H3,(H,12,14,15). The molecule has 2 heterocycles. The largest absolute Gasteiger partial charge is 0.324 e. The van der Waals surface area contributed by atoms with Gasteiger partial charge in [-0.3, -0.25) is 20.1 Å². The molecule has 0 bridgehead atoms. The van der Waals surface area contributed by atoms with Crippen LogP contribution in [0, 0.1) is 6.92 Å². The quantitative estimate of drug-likeness (QED) is 0.682. The molecule has 1 aromatic rings. The van der Waals surface area contributed by atoms with Crippen molar-refractivity contribution in [2.45, 2.75) is 13.5 Å². The van der Waals surface area contributed by atoms with Gasteiger partial charge in [0, 0.05) is 6.20 Å². The third-order valence-electron chi connectivity index (χ3n) is 2.06. The Hall–Kier alpha value is -1.98. The van der Waals surface area contributed by atoms with Crippen molar-refractivity contribution >= 4 is 11.9 Å². The lowest BCUT2D eigenvalue weighted by atomic mass is 10.4. The van der Waals surface area contributed by atoms with Gasteiger partial charge in [-0.15, -0.1) is 0 Å². The van der Waals surface area contributed by atoms with Gasteiger partial charge in [0.15, 0.2) is 0 Å². The van der Waals surface area contributed by atoms with Gasteiger partial charge in [-0.25, -0.2) is 4.79 Å². The van der Waals surface area contributed by atoms with E-state index in [1.807, 2.05) is 6.92 Å². The van der Waals surface area contributed by atoms with E-state index in [0.29, 0.717) is 12.2 Å². The average Bonchev–Trinajstić information content (AvgIpc) is 2.49. The summed E-state index contributed by atoms with van der Waals surface area (Å²) in [4.78, 5) is 31.7. The minimum atomic E-state index is -0.373. The van der Waals surface area contributed by atoms with Crippen LogP contribution in [0.5, 0.6) is 0 Å². The Kier molecular flexibility index (Phi) is 2.32. The third kappa shape index (κ3) is 2.09. The van der Waals surface area contributed by atoms with E-state index in [9.17, 15) is 9.59 Å². The molecule has 0 unspecified atom stereocenters. The second kappa shape index (κ2) is 3.64. The lowest BCUT2D eigenvalue weighted by Gasteiger charge is -2.11. The number of aromatic nitrogens is 2. The van der Waals surface area contributed by atoms with Crippen molar-refractivity contribution in [3.8, 4) is 0 Å². The first-order valence-electron chi connectivity index (χ1n) is 4.51. The fraction of sp³-hybridized carbons (Fsp3) is 0.333. The van der Waals surface area contributed by atoms with E-state index in [4.69, 9.17) is 0 Å². The maximum atomic E-state index is 11.2. The molecule has 3 amide bonds. The summed E-state index contributed by atoms with van der Waals surface area (Å²) in [5, 5.41) is 2.20. The molecule has 6 nitrogen and oxygen atoms in total. The Morgan fingerprint density at radius 2 is 2.20 bits per heavy atom. The van der Waals surface area contributed by atoms with Gasteiger partial charge in [0.2, 0.25) is 5.91 Å². The van der Waals surface area contributed by atoms with E-state index in [-0.39, 0.29) is 18.5 Å². The maximum Gasteiger partial charge on any atom is 0.324 e. The normalized spacial score (nSPS) is 15.7. The van der Waals surface area contributed by atoms with Gasteiger partial charge < -0.3 is 4.90 Å². The van der Waals surface area contributed by atoms with E-state index < -0.39 is 0 Å². The fourth-order valence-electron chi connectivity index (χ4n) is 1.31. The van der Waals surface area contributed by atoms with Crippen LogP contribution in [-0.2, 0) is 11.3 Å². The first-order chi connectivity index (χ1) is 7.15. The summed E-state index contributed by atoms with van der Waals surface area (Å²) in [7, 11) is 0. The minimum Gasteiger partial charge on any atom is -0.309 e. The zero-order valence-electron chi connectivity index (χ0n) is 8.23. The molecule has 0 spiro atoms. The highest BCUT2D eigenvalue weighted by Crippen LogP contribution is 2.04. The smallest absolute Gasteiger partial charge is 0.309 e. The highest BCUT2D eigenvalue weighted by atomic mass is 16.2. The number of hydrogen-bond donors (Lipinski definition) is 1. The van der Waals surface area contributed by atoms with Gasteiger partial charge >= 0.3 is 6.03 Å². The summed E-state index contributed by atoms with van der Waals surface area (Å²) < 4.78 is 0. The monoisotopic (exact) mass is 206 g/mol. The summed E-state index contributed by atoms with van der Waals surface area (Å²) in [6.07, 6.45) is 3.23. The predicted molar refractivity (Wildman–Crippen MR) is 50.7 cm³/mol. The van der Waals surface area contributed by atoms with Crippen LogP contribution in [0.4, 0.5) is 4.79 Å². The Morgan fingerprint density at radius 1 is 1.40 bits per heavy atom. The van der Waals surface area contributed by atoms with Gasteiger partial charge in [0.1, 0.15) is 6.54 Å². The molecule has 0 atom stereocenters. The van der Waals surface area contributed by atoms with Crippen molar-refractivity contribution < 1.29 is 9.59 Å². The summed E-state index contributed by atoms with van der Waals surface area (Å²) in [5.41, 5.74) is 1.49. The highest BCUT2D eigenvalue weighted by Gasteiger charge is 2.26. The van der Waals surface area contributed by atoms with Gasteiger partial charge in [0.05, 0.1) is 24.1 Å². The minimum absolute atomic E-state index is 0.0917. The number of rotatable bonds is 2. The molecule has 1 aromatic heterocycles. The number of amides is 3. The van der Waals surface area contributed by atoms with Gasteiger partial charge in [0.25, 0.3) is 0 Å². The molecule has 0 radical (unpaired) electrons. The molecule has 1 N–H and O–H groups in total. The van der Waals surface area contributed by atoms with Crippen molar-refractivity contribution in [2.75, 3.05) is 6.54 Å². The topological polar surface area (TPSA) is 75.2 Å². The van der Waals surface area contributed by atoms with Crippen LogP contribution in [0.3, 0.4) is 0 Å². The van der Waals surface area contributed by atoms with Crippen LogP contribution < -0.4 is 5.32 Å². The lowest BCUT2D eigenvalue weighted by Crippen LogP contribution is -2.28. The molecular weight excluding hydrogens is 196 g/mol. The number of urea groups is 1. The predicted octanol–water partition coefficient (Wildman–Crippen LogP) is -0.163. The number of carbonyl (C=O) groups is 2. The molecule has 6 heteroatoms. The summed E-state index contributed by atoms with van der Waals surface area (Å²) in [6, 6.07) is -0.373. The molecule has 1 saturated heterocycles. The molecule has 1 aliphatic rings. The Bertz CT molecular complexity index is 401. The van der Waals surface area contributed by atoms with E-state index >= 15 is 0 Å². The van der Waals surface area contributed by atoms with Crippen molar-refractivity contribution in [3.05, 3.63) is 23.8 Å². The zero-order valence-corrected chi connectivity index (χ0v) is 8.23. The molecule has 1 aliphatic heterocycles. The van der Waals surface area contributed by atoms with Crippen molar-refractivity contribution in [1.29, 1.82) is 0 Å². The Labute approximate surface area is 86.3 Å². The number of carbonyl (C=O) groups excluding carboxylic acids is 2. The van der Waals surface area contributed by atoms with E-state index in [1.165, 1.54) is 4.90 Å². The zero-order chi connectivity index (χ0) is 10.8. The maximum absolute atomic E-state index is 11.2. The van der Waals surface area contributed by atoms with Crippen LogP contribution in [0.15, 0.2) is 12.4 Å². The third-order valence-corrected chi connectivity index (χ3v) is 2.06. The van der Waals surface area contributed by atoms with E-state index in [2.05, 4.69) is 15.3 Å². The molecule has 78 valence electrons. The van der Waals surface area contributed by atoms with Gasteiger partial charge in [-0.2, -0.15) is 0 Å². The van der Waals surface area contributed by atoms with Gasteiger partial charge in [-0.1, -0.05) is 0 Å². The molecule has 1 fully saturated rings. The number of imide groups is 1. The number of aryl methyl sites for hydroxylation is 1. The van der Waals surface area contributed by atoms with Gasteiger partial charge in [-0.05, 0) is 6.92 Å². The average molecular weight is 206 g/mol. The second-order valence-electron chi connectivity index (χ2n) is 3.36. The fourth-order valence-corrected chi connectivity index (χ4v) is 1.31. The molecular formula is C9H10N4O2. The van der Waals surface area contributed by atoms with Crippen molar-refractivity contribution in [2.24, 2.45) is 0 Å². The van der Waals surface area contributed by atoms with Crippen molar-refractivity contribution in [1.82, 2.24) is 20.2 Å². The molecule has 0 aliphatic carbocycles. The molecule has 15 heavy (non-hydrogen) atoms. The number of nitrogens with one attached hydrogen (secondary N) is 1. The number of hydrogen-bond acceptors (Lipinski definition) is 4. The van der Waals surface area contributed by atoms with Crippen LogP contribution in [0.25, 0.3) is 0 Å². The molecule has 0 saturated carbocycles. The van der Waals surface area contributed by atoms with E-state index in [1.54, 1.807) is 12.4 Å². The first kappa shape index (κ1) is 9.57. The van der Waals surface area contributed by atoms with E-state index in [0.717, 1.165) is 5.69 Å². The van der Waals surface area contributed by atoms with Crippen LogP contribution in [-0.4, -0.2) is 33.4 Å². The van der Waals surface area contributed by atoms with Crippen molar-refractivity contribution in [3.63, 3.8) is 0 Å². The highest BCUT2D eigenvalue weighted by molar-refractivity contribution is 6.01. The number of nitrogens with zero attached hydrogens (tertiary/aromatic N) is 3. The van der Waals surface area contributed by atoms with Crippen LogP contribution >= 0.6 is 0 Å². The molecule has 2 rings (SSSR count). The first-order valence-corrected chi connectivity index (χ1v) is 4.51. The Balaban J connectivity index is 2.06. The second-order valence-corrected chi connectivity index (χ2v) is 3.36. The SMILES string of the molecule is Cc1cnc(CN2CC(=O)NC2=O)cn1. The summed E-state index contributed by atoms with van der Waals surface area (Å²) in [5.74, 6) is -0.278. The summed E-state index contributed by atoms with van der Waals surface area (Å²) in [6.45, 7) is 2.24.